The van der Waals surface area contributed by atoms with Crippen molar-refractivity contribution in [3.63, 3.8) is 0 Å². The van der Waals surface area contributed by atoms with Crippen molar-refractivity contribution in [2.24, 2.45) is 5.92 Å². The molecule has 1 aromatic rings. The molecule has 3 heteroatoms. The lowest BCUT2D eigenvalue weighted by Gasteiger charge is -2.31. The van der Waals surface area contributed by atoms with E-state index in [-0.39, 0.29) is 12.6 Å². The van der Waals surface area contributed by atoms with E-state index in [4.69, 9.17) is 0 Å². The molecule has 0 bridgehead atoms. The summed E-state index contributed by atoms with van der Waals surface area (Å²) in [6, 6.07) is 6.69. The van der Waals surface area contributed by atoms with Gasteiger partial charge in [0.15, 0.2) is 0 Å². The van der Waals surface area contributed by atoms with E-state index in [0.29, 0.717) is 5.92 Å². The number of nitrogens with zero attached hydrogens (tertiary/aromatic N) is 2. The molecule has 19 heavy (non-hydrogen) atoms. The van der Waals surface area contributed by atoms with Crippen molar-refractivity contribution in [1.29, 1.82) is 0 Å². The van der Waals surface area contributed by atoms with Crippen LogP contribution in [0.5, 0.6) is 0 Å². The number of aryl methyl sites for hydroxylation is 2. The molecule has 2 atom stereocenters. The van der Waals surface area contributed by atoms with Crippen LogP contribution in [-0.2, 0) is 0 Å². The molecule has 1 aliphatic heterocycles. The summed E-state index contributed by atoms with van der Waals surface area (Å²) in [7, 11) is 2.12. The van der Waals surface area contributed by atoms with Crippen LogP contribution in [0, 0.1) is 19.8 Å². The van der Waals surface area contributed by atoms with E-state index < -0.39 is 0 Å². The second-order valence-electron chi connectivity index (χ2n) is 6.03. The van der Waals surface area contributed by atoms with Crippen LogP contribution < -0.4 is 4.90 Å². The Kier molecular flexibility index (Phi) is 4.48. The Labute approximate surface area is 116 Å². The highest BCUT2D eigenvalue weighted by Gasteiger charge is 2.26. The lowest BCUT2D eigenvalue weighted by molar-refractivity contribution is 0.151. The predicted octanol–water partition coefficient (Wildman–Crippen LogP) is 2.05. The Morgan fingerprint density at radius 3 is 2.37 bits per heavy atom. The number of benzene rings is 1. The monoisotopic (exact) mass is 262 g/mol. The van der Waals surface area contributed by atoms with Gasteiger partial charge in [-0.15, -0.1) is 0 Å². The molecule has 0 aliphatic carbocycles. The molecule has 1 saturated heterocycles. The number of rotatable bonds is 2. The molecule has 0 radical (unpaired) electrons. The molecule has 1 aromatic carbocycles. The van der Waals surface area contributed by atoms with Crippen LogP contribution in [0.4, 0.5) is 5.69 Å². The molecule has 1 heterocycles. The first kappa shape index (κ1) is 14.4. The first-order valence-electron chi connectivity index (χ1n) is 7.15. The molecule has 0 spiro atoms. The Morgan fingerprint density at radius 1 is 1.16 bits per heavy atom. The number of likely N-dealkylation sites (N-methyl/N-ethyl adjacent to an activating group) is 1. The Balaban J connectivity index is 2.32. The lowest BCUT2D eigenvalue weighted by atomic mass is 10.1. The van der Waals surface area contributed by atoms with Gasteiger partial charge in [0, 0.05) is 31.4 Å². The van der Waals surface area contributed by atoms with Gasteiger partial charge < -0.3 is 10.0 Å². The number of aliphatic hydroxyl groups is 1. The minimum absolute atomic E-state index is 0.226. The van der Waals surface area contributed by atoms with E-state index >= 15 is 0 Å². The van der Waals surface area contributed by atoms with Crippen LogP contribution in [0.1, 0.15) is 18.1 Å². The number of hydrogen-bond acceptors (Lipinski definition) is 3. The van der Waals surface area contributed by atoms with Crippen LogP contribution in [-0.4, -0.2) is 49.3 Å². The number of para-hydroxylation sites is 1. The zero-order chi connectivity index (χ0) is 14.0. The summed E-state index contributed by atoms with van der Waals surface area (Å²) in [4.78, 5) is 4.75. The number of anilines is 1. The number of aliphatic hydroxyl groups excluding tert-OH is 1. The van der Waals surface area contributed by atoms with Crippen LogP contribution in [0.15, 0.2) is 18.2 Å². The zero-order valence-corrected chi connectivity index (χ0v) is 12.6. The molecule has 3 nitrogen and oxygen atoms in total. The largest absolute Gasteiger partial charge is 0.395 e. The van der Waals surface area contributed by atoms with Gasteiger partial charge in [0.05, 0.1) is 6.61 Å². The van der Waals surface area contributed by atoms with E-state index in [2.05, 4.69) is 55.8 Å². The molecular formula is C16H26N2O. The SMILES string of the molecule is Cc1cccc(C)c1N1CC(C)CN(C)C(CO)C1. The molecule has 2 rings (SSSR count). The number of hydrogen-bond donors (Lipinski definition) is 1. The molecule has 1 N–H and O–H groups in total. The second kappa shape index (κ2) is 5.93. The molecule has 2 unspecified atom stereocenters. The summed E-state index contributed by atoms with van der Waals surface area (Å²) in [5.74, 6) is 0.612. The Morgan fingerprint density at radius 2 is 1.79 bits per heavy atom. The van der Waals surface area contributed by atoms with Gasteiger partial charge in [-0.3, -0.25) is 4.90 Å². The van der Waals surface area contributed by atoms with Gasteiger partial charge in [0.2, 0.25) is 0 Å². The maximum absolute atomic E-state index is 9.61. The third-order valence-corrected chi connectivity index (χ3v) is 4.15. The van der Waals surface area contributed by atoms with Crippen molar-refractivity contribution in [1.82, 2.24) is 4.90 Å². The van der Waals surface area contributed by atoms with E-state index in [1.807, 2.05) is 0 Å². The third-order valence-electron chi connectivity index (χ3n) is 4.15. The molecule has 106 valence electrons. The van der Waals surface area contributed by atoms with Crippen molar-refractivity contribution in [2.75, 3.05) is 38.2 Å². The summed E-state index contributed by atoms with van der Waals surface area (Å²) < 4.78 is 0. The van der Waals surface area contributed by atoms with Gasteiger partial charge in [-0.25, -0.2) is 0 Å². The molecule has 0 saturated carbocycles. The van der Waals surface area contributed by atoms with E-state index in [1.54, 1.807) is 0 Å². The van der Waals surface area contributed by atoms with Crippen LogP contribution in [0.25, 0.3) is 0 Å². The average molecular weight is 262 g/mol. The predicted molar refractivity (Wildman–Crippen MR) is 80.8 cm³/mol. The summed E-state index contributed by atoms with van der Waals surface area (Å²) >= 11 is 0. The minimum Gasteiger partial charge on any atom is -0.395 e. The fraction of sp³-hybridized carbons (Fsp3) is 0.625. The van der Waals surface area contributed by atoms with Crippen LogP contribution in [0.3, 0.4) is 0 Å². The van der Waals surface area contributed by atoms with E-state index in [1.165, 1.54) is 16.8 Å². The smallest absolute Gasteiger partial charge is 0.0604 e. The highest BCUT2D eigenvalue weighted by Crippen LogP contribution is 2.27. The van der Waals surface area contributed by atoms with Crippen molar-refractivity contribution in [3.05, 3.63) is 29.3 Å². The van der Waals surface area contributed by atoms with E-state index in [0.717, 1.165) is 19.6 Å². The molecule has 0 amide bonds. The normalized spacial score (nSPS) is 25.4. The summed E-state index contributed by atoms with van der Waals surface area (Å²) in [6.07, 6.45) is 0. The highest BCUT2D eigenvalue weighted by atomic mass is 16.3. The maximum Gasteiger partial charge on any atom is 0.0604 e. The first-order chi connectivity index (χ1) is 9.02. The topological polar surface area (TPSA) is 26.7 Å². The fourth-order valence-electron chi connectivity index (χ4n) is 3.23. The van der Waals surface area contributed by atoms with Gasteiger partial charge in [-0.2, -0.15) is 0 Å². The first-order valence-corrected chi connectivity index (χ1v) is 7.15. The van der Waals surface area contributed by atoms with Crippen LogP contribution >= 0.6 is 0 Å². The van der Waals surface area contributed by atoms with Crippen molar-refractivity contribution in [2.45, 2.75) is 26.8 Å². The van der Waals surface area contributed by atoms with Crippen molar-refractivity contribution >= 4 is 5.69 Å². The minimum atomic E-state index is 0.226. The van der Waals surface area contributed by atoms with Gasteiger partial charge in [-0.1, -0.05) is 25.1 Å². The van der Waals surface area contributed by atoms with Gasteiger partial charge in [0.25, 0.3) is 0 Å². The second-order valence-corrected chi connectivity index (χ2v) is 6.03. The third kappa shape index (κ3) is 3.10. The fourth-order valence-corrected chi connectivity index (χ4v) is 3.23. The summed E-state index contributed by atoms with van der Waals surface area (Å²) in [6.45, 7) is 9.88. The van der Waals surface area contributed by atoms with E-state index in [9.17, 15) is 5.11 Å². The average Bonchev–Trinajstić information content (AvgIpc) is 2.47. The lowest BCUT2D eigenvalue weighted by Crippen LogP contribution is -2.41. The van der Waals surface area contributed by atoms with Crippen molar-refractivity contribution < 1.29 is 5.11 Å². The summed E-state index contributed by atoms with van der Waals surface area (Å²) in [5.41, 5.74) is 4.00. The molecule has 1 fully saturated rings. The Hall–Kier alpha value is -1.06. The standard InChI is InChI=1S/C16H26N2O/c1-12-8-17(4)15(11-19)10-18(9-12)16-13(2)6-5-7-14(16)3/h5-7,12,15,19H,8-11H2,1-4H3. The summed E-state index contributed by atoms with van der Waals surface area (Å²) in [5, 5.41) is 9.61. The highest BCUT2D eigenvalue weighted by molar-refractivity contribution is 5.59. The van der Waals surface area contributed by atoms with Gasteiger partial charge >= 0.3 is 0 Å². The molecule has 0 aromatic heterocycles. The molecule has 1 aliphatic rings. The quantitative estimate of drug-likeness (QED) is 0.883. The zero-order valence-electron chi connectivity index (χ0n) is 12.6. The maximum atomic E-state index is 9.61. The van der Waals surface area contributed by atoms with Crippen LogP contribution in [0.2, 0.25) is 0 Å². The molecular weight excluding hydrogens is 236 g/mol. The van der Waals surface area contributed by atoms with Crippen molar-refractivity contribution in [3.8, 4) is 0 Å². The van der Waals surface area contributed by atoms with Gasteiger partial charge in [-0.05, 0) is 37.9 Å². The van der Waals surface area contributed by atoms with Gasteiger partial charge in [0.1, 0.15) is 0 Å². The Bertz CT molecular complexity index is 413.